The standard InChI is InChI=1S/C17H25BrN2/c1-14-11-20(12-15-7-3-4-8-16(15)18)17(13-19-14)9-5-2-6-10-17/h3-4,7-8,14,19H,2,5-6,9-13H2,1H3. The molecule has 2 nitrogen and oxygen atoms in total. The van der Waals surface area contributed by atoms with Crippen molar-refractivity contribution in [2.24, 2.45) is 0 Å². The highest BCUT2D eigenvalue weighted by Crippen LogP contribution is 2.36. The Hall–Kier alpha value is -0.380. The maximum Gasteiger partial charge on any atom is 0.0338 e. The van der Waals surface area contributed by atoms with Gasteiger partial charge in [0.05, 0.1) is 0 Å². The topological polar surface area (TPSA) is 15.3 Å². The van der Waals surface area contributed by atoms with E-state index in [0.29, 0.717) is 11.6 Å². The first-order valence-corrected chi connectivity index (χ1v) is 8.71. The molecule has 3 rings (SSSR count). The molecule has 0 radical (unpaired) electrons. The Morgan fingerprint density at radius 2 is 2.00 bits per heavy atom. The SMILES string of the molecule is CC1CN(Cc2ccccc2Br)C2(CCCCC2)CN1. The maximum absolute atomic E-state index is 3.72. The maximum atomic E-state index is 3.72. The summed E-state index contributed by atoms with van der Waals surface area (Å²) in [4.78, 5) is 2.76. The molecule has 110 valence electrons. The van der Waals surface area contributed by atoms with Crippen LogP contribution in [-0.4, -0.2) is 29.6 Å². The van der Waals surface area contributed by atoms with Crippen molar-refractivity contribution in [2.75, 3.05) is 13.1 Å². The van der Waals surface area contributed by atoms with E-state index in [4.69, 9.17) is 0 Å². The Kier molecular flexibility index (Phi) is 4.49. The second kappa shape index (κ2) is 6.17. The van der Waals surface area contributed by atoms with Crippen molar-refractivity contribution in [3.63, 3.8) is 0 Å². The smallest absolute Gasteiger partial charge is 0.0338 e. The highest BCUT2D eigenvalue weighted by atomic mass is 79.9. The average Bonchev–Trinajstić information content (AvgIpc) is 2.47. The van der Waals surface area contributed by atoms with Crippen molar-refractivity contribution >= 4 is 15.9 Å². The molecule has 0 bridgehead atoms. The molecule has 3 heteroatoms. The molecule has 1 unspecified atom stereocenters. The van der Waals surface area contributed by atoms with Gasteiger partial charge >= 0.3 is 0 Å². The van der Waals surface area contributed by atoms with E-state index in [1.807, 2.05) is 0 Å². The van der Waals surface area contributed by atoms with E-state index >= 15 is 0 Å². The summed E-state index contributed by atoms with van der Waals surface area (Å²) in [5, 5.41) is 3.72. The lowest BCUT2D eigenvalue weighted by molar-refractivity contribution is 0.00603. The number of rotatable bonds is 2. The fourth-order valence-corrected chi connectivity index (χ4v) is 4.24. The monoisotopic (exact) mass is 336 g/mol. The van der Waals surface area contributed by atoms with Gasteiger partial charge in [-0.25, -0.2) is 0 Å². The first-order chi connectivity index (χ1) is 9.70. The molecular formula is C17H25BrN2. The molecule has 1 spiro atoms. The summed E-state index contributed by atoms with van der Waals surface area (Å²) in [6.07, 6.45) is 6.92. The molecule has 1 saturated heterocycles. The zero-order valence-corrected chi connectivity index (χ0v) is 14.0. The lowest BCUT2D eigenvalue weighted by Crippen LogP contribution is -2.64. The van der Waals surface area contributed by atoms with Crippen molar-refractivity contribution in [1.82, 2.24) is 10.2 Å². The van der Waals surface area contributed by atoms with Gasteiger partial charge in [0, 0.05) is 35.7 Å². The minimum absolute atomic E-state index is 0.403. The quantitative estimate of drug-likeness (QED) is 0.879. The predicted octanol–water partition coefficient (Wildman–Crippen LogP) is 3.95. The molecule has 1 heterocycles. The molecule has 1 aliphatic heterocycles. The largest absolute Gasteiger partial charge is 0.311 e. The van der Waals surface area contributed by atoms with Gasteiger partial charge in [0.25, 0.3) is 0 Å². The summed E-state index contributed by atoms with van der Waals surface area (Å²) in [5.74, 6) is 0. The van der Waals surface area contributed by atoms with E-state index in [1.165, 1.54) is 55.2 Å². The van der Waals surface area contributed by atoms with E-state index in [2.05, 4.69) is 57.3 Å². The number of hydrogen-bond acceptors (Lipinski definition) is 2. The number of benzene rings is 1. The second-order valence-corrected chi connectivity index (χ2v) is 7.39. The molecule has 2 aliphatic rings. The fraction of sp³-hybridized carbons (Fsp3) is 0.647. The molecule has 1 aromatic rings. The van der Waals surface area contributed by atoms with Crippen LogP contribution in [0.15, 0.2) is 28.7 Å². The minimum atomic E-state index is 0.403. The van der Waals surface area contributed by atoms with Crippen LogP contribution in [0.4, 0.5) is 0 Å². The Bertz CT molecular complexity index is 454. The van der Waals surface area contributed by atoms with Crippen LogP contribution in [0.3, 0.4) is 0 Å². The normalized spacial score (nSPS) is 26.8. The second-order valence-electron chi connectivity index (χ2n) is 6.54. The lowest BCUT2D eigenvalue weighted by Gasteiger charge is -2.51. The van der Waals surface area contributed by atoms with Crippen LogP contribution in [0.1, 0.15) is 44.6 Å². The van der Waals surface area contributed by atoms with Gasteiger partial charge in [0.1, 0.15) is 0 Å². The molecule has 0 aromatic heterocycles. The van der Waals surface area contributed by atoms with Crippen LogP contribution in [0.25, 0.3) is 0 Å². The lowest BCUT2D eigenvalue weighted by atomic mass is 9.78. The van der Waals surface area contributed by atoms with Gasteiger partial charge in [0.15, 0.2) is 0 Å². The molecular weight excluding hydrogens is 312 g/mol. The Morgan fingerprint density at radius 3 is 2.75 bits per heavy atom. The predicted molar refractivity (Wildman–Crippen MR) is 87.8 cm³/mol. The van der Waals surface area contributed by atoms with Crippen molar-refractivity contribution in [3.05, 3.63) is 34.3 Å². The van der Waals surface area contributed by atoms with Crippen LogP contribution in [0, 0.1) is 0 Å². The van der Waals surface area contributed by atoms with Gasteiger partial charge in [-0.15, -0.1) is 0 Å². The van der Waals surface area contributed by atoms with Crippen molar-refractivity contribution < 1.29 is 0 Å². The number of nitrogens with zero attached hydrogens (tertiary/aromatic N) is 1. The van der Waals surface area contributed by atoms with Crippen LogP contribution in [0.5, 0.6) is 0 Å². The van der Waals surface area contributed by atoms with Gasteiger partial charge in [0.2, 0.25) is 0 Å². The van der Waals surface area contributed by atoms with Gasteiger partial charge in [-0.3, -0.25) is 4.90 Å². The summed E-state index contributed by atoms with van der Waals surface area (Å²) >= 11 is 3.71. The number of hydrogen-bond donors (Lipinski definition) is 1. The van der Waals surface area contributed by atoms with Crippen molar-refractivity contribution in [2.45, 2.75) is 57.2 Å². The molecule has 1 atom stereocenters. The first-order valence-electron chi connectivity index (χ1n) is 7.91. The Morgan fingerprint density at radius 1 is 1.25 bits per heavy atom. The minimum Gasteiger partial charge on any atom is -0.311 e. The van der Waals surface area contributed by atoms with Gasteiger partial charge in [-0.05, 0) is 31.4 Å². The third kappa shape index (κ3) is 2.95. The van der Waals surface area contributed by atoms with Gasteiger partial charge < -0.3 is 5.32 Å². The van der Waals surface area contributed by atoms with Crippen LogP contribution in [-0.2, 0) is 6.54 Å². The third-order valence-corrected chi connectivity index (χ3v) is 5.82. The fourth-order valence-electron chi connectivity index (χ4n) is 3.83. The molecule has 1 saturated carbocycles. The zero-order valence-electron chi connectivity index (χ0n) is 12.4. The number of nitrogens with one attached hydrogen (secondary N) is 1. The zero-order chi connectivity index (χ0) is 14.0. The molecule has 20 heavy (non-hydrogen) atoms. The van der Waals surface area contributed by atoms with Crippen LogP contribution < -0.4 is 5.32 Å². The van der Waals surface area contributed by atoms with Gasteiger partial charge in [-0.2, -0.15) is 0 Å². The van der Waals surface area contributed by atoms with Crippen LogP contribution >= 0.6 is 15.9 Å². The average molecular weight is 337 g/mol. The van der Waals surface area contributed by atoms with E-state index in [-0.39, 0.29) is 0 Å². The van der Waals surface area contributed by atoms with Crippen molar-refractivity contribution in [3.8, 4) is 0 Å². The number of piperazine rings is 1. The highest BCUT2D eigenvalue weighted by Gasteiger charge is 2.41. The summed E-state index contributed by atoms with van der Waals surface area (Å²) in [5.41, 5.74) is 1.83. The summed E-state index contributed by atoms with van der Waals surface area (Å²) < 4.78 is 1.25. The summed E-state index contributed by atoms with van der Waals surface area (Å²) in [6.45, 7) is 5.72. The van der Waals surface area contributed by atoms with E-state index in [1.54, 1.807) is 0 Å². The van der Waals surface area contributed by atoms with Crippen LogP contribution in [0.2, 0.25) is 0 Å². The molecule has 1 N–H and O–H groups in total. The van der Waals surface area contributed by atoms with E-state index in [9.17, 15) is 0 Å². The Labute approximate surface area is 131 Å². The molecule has 0 amide bonds. The van der Waals surface area contributed by atoms with E-state index in [0.717, 1.165) is 6.54 Å². The number of halogens is 1. The van der Waals surface area contributed by atoms with Gasteiger partial charge in [-0.1, -0.05) is 53.4 Å². The first kappa shape index (κ1) is 14.6. The highest BCUT2D eigenvalue weighted by molar-refractivity contribution is 9.10. The molecule has 1 aliphatic carbocycles. The summed E-state index contributed by atoms with van der Waals surface area (Å²) in [7, 11) is 0. The van der Waals surface area contributed by atoms with E-state index < -0.39 is 0 Å². The molecule has 2 fully saturated rings. The van der Waals surface area contributed by atoms with Crippen molar-refractivity contribution in [1.29, 1.82) is 0 Å². The third-order valence-electron chi connectivity index (χ3n) is 5.05. The molecule has 1 aromatic carbocycles. The summed E-state index contributed by atoms with van der Waals surface area (Å²) in [6, 6.07) is 9.27. The Balaban J connectivity index is 1.81.